The molecule has 0 aliphatic carbocycles. The molecule has 2 aromatic rings. The highest BCUT2D eigenvalue weighted by molar-refractivity contribution is 5.97. The third-order valence-corrected chi connectivity index (χ3v) is 5.40. The molecule has 1 N–H and O–H groups in total. The van der Waals surface area contributed by atoms with Gasteiger partial charge in [-0.05, 0) is 54.5 Å². The van der Waals surface area contributed by atoms with E-state index in [0.717, 1.165) is 18.4 Å². The van der Waals surface area contributed by atoms with Crippen molar-refractivity contribution in [3.63, 3.8) is 0 Å². The van der Waals surface area contributed by atoms with Crippen LogP contribution in [0.4, 0.5) is 4.39 Å². The van der Waals surface area contributed by atoms with E-state index in [1.54, 1.807) is 24.3 Å². The van der Waals surface area contributed by atoms with E-state index in [-0.39, 0.29) is 23.5 Å². The normalized spacial score (nSPS) is 16.1. The van der Waals surface area contributed by atoms with Crippen LogP contribution in [0.2, 0.25) is 0 Å². The monoisotopic (exact) mass is 382 g/mol. The van der Waals surface area contributed by atoms with Gasteiger partial charge in [-0.2, -0.15) is 0 Å². The van der Waals surface area contributed by atoms with Crippen molar-refractivity contribution in [3.8, 4) is 0 Å². The number of benzene rings is 2. The maximum Gasteiger partial charge on any atom is 0.251 e. The zero-order valence-corrected chi connectivity index (χ0v) is 16.4. The molecule has 1 aliphatic heterocycles. The van der Waals surface area contributed by atoms with E-state index in [1.165, 1.54) is 12.1 Å². The van der Waals surface area contributed by atoms with E-state index in [2.05, 4.69) is 5.32 Å². The molecule has 0 saturated carbocycles. The van der Waals surface area contributed by atoms with Crippen molar-refractivity contribution < 1.29 is 14.0 Å². The van der Waals surface area contributed by atoms with Crippen molar-refractivity contribution in [2.45, 2.75) is 38.6 Å². The topological polar surface area (TPSA) is 49.4 Å². The Kier molecular flexibility index (Phi) is 6.45. The largest absolute Gasteiger partial charge is 0.341 e. The van der Waals surface area contributed by atoms with E-state index in [4.69, 9.17) is 0 Å². The molecule has 0 bridgehead atoms. The molecular weight excluding hydrogens is 355 g/mol. The fourth-order valence-corrected chi connectivity index (χ4v) is 3.69. The van der Waals surface area contributed by atoms with Gasteiger partial charge < -0.3 is 10.2 Å². The molecule has 2 aromatic carbocycles. The molecule has 3 rings (SSSR count). The first kappa shape index (κ1) is 20.1. The van der Waals surface area contributed by atoms with Crippen LogP contribution in [-0.4, -0.2) is 35.8 Å². The van der Waals surface area contributed by atoms with Crippen molar-refractivity contribution in [3.05, 3.63) is 71.5 Å². The minimum atomic E-state index is -0.546. The number of halogens is 1. The summed E-state index contributed by atoms with van der Waals surface area (Å²) in [7, 11) is 0. The van der Waals surface area contributed by atoms with Crippen molar-refractivity contribution >= 4 is 11.8 Å². The molecule has 0 spiro atoms. The number of likely N-dealkylation sites (tertiary alicyclic amines) is 1. The summed E-state index contributed by atoms with van der Waals surface area (Å²) in [4.78, 5) is 27.4. The molecule has 148 valence electrons. The van der Waals surface area contributed by atoms with Gasteiger partial charge in [0, 0.05) is 18.7 Å². The number of rotatable bonds is 5. The Hall–Kier alpha value is -2.69. The molecule has 0 aromatic heterocycles. The Morgan fingerprint density at radius 1 is 1.00 bits per heavy atom. The first-order chi connectivity index (χ1) is 13.5. The van der Waals surface area contributed by atoms with Gasteiger partial charge in [0.25, 0.3) is 5.91 Å². The molecule has 4 nitrogen and oxygen atoms in total. The third-order valence-electron chi connectivity index (χ3n) is 5.40. The number of nitrogens with zero attached hydrogens (tertiary/aromatic N) is 1. The maximum absolute atomic E-state index is 13.1. The van der Waals surface area contributed by atoms with Crippen LogP contribution in [-0.2, 0) is 4.79 Å². The average molecular weight is 382 g/mol. The van der Waals surface area contributed by atoms with Crippen LogP contribution in [0.5, 0.6) is 0 Å². The van der Waals surface area contributed by atoms with Crippen molar-refractivity contribution in [2.75, 3.05) is 13.1 Å². The van der Waals surface area contributed by atoms with Crippen molar-refractivity contribution in [2.24, 2.45) is 5.92 Å². The van der Waals surface area contributed by atoms with Crippen molar-refractivity contribution in [1.29, 1.82) is 0 Å². The number of carbonyl (C=O) groups is 2. The summed E-state index contributed by atoms with van der Waals surface area (Å²) in [5.41, 5.74) is 1.67. The van der Waals surface area contributed by atoms with Crippen molar-refractivity contribution in [1.82, 2.24) is 10.2 Å². The lowest BCUT2D eigenvalue weighted by molar-refractivity contribution is -0.135. The number of carbonyl (C=O) groups excluding carboxylic acids is 2. The van der Waals surface area contributed by atoms with Crippen LogP contribution in [0.3, 0.4) is 0 Å². The molecule has 1 fully saturated rings. The Morgan fingerprint density at radius 3 is 2.18 bits per heavy atom. The lowest BCUT2D eigenvalue weighted by atomic mass is 9.89. The van der Waals surface area contributed by atoms with Crippen LogP contribution in [0.25, 0.3) is 0 Å². The molecule has 0 radical (unpaired) electrons. The van der Waals surface area contributed by atoms with Gasteiger partial charge in [0.05, 0.1) is 0 Å². The highest BCUT2D eigenvalue weighted by Crippen LogP contribution is 2.28. The molecule has 1 aliphatic rings. The minimum absolute atomic E-state index is 0.00464. The summed E-state index contributed by atoms with van der Waals surface area (Å²) >= 11 is 0. The molecule has 1 heterocycles. The predicted molar refractivity (Wildman–Crippen MR) is 107 cm³/mol. The molecule has 28 heavy (non-hydrogen) atoms. The molecule has 5 heteroatoms. The fourth-order valence-electron chi connectivity index (χ4n) is 3.69. The van der Waals surface area contributed by atoms with Gasteiger partial charge in [0.1, 0.15) is 11.9 Å². The summed E-state index contributed by atoms with van der Waals surface area (Å²) in [6, 6.07) is 15.0. The van der Waals surface area contributed by atoms with Gasteiger partial charge in [0.2, 0.25) is 5.91 Å². The standard InChI is InChI=1S/C23H27FN2O2/c1-16(2)21(25-22(27)19-6-4-3-5-7-19)23(28)26-14-12-18(13-15-26)17-8-10-20(24)11-9-17/h3-11,16,18,21H,12-15H2,1-2H3,(H,25,27). The molecule has 1 saturated heterocycles. The van der Waals surface area contributed by atoms with E-state index in [9.17, 15) is 14.0 Å². The minimum Gasteiger partial charge on any atom is -0.341 e. The Morgan fingerprint density at radius 2 is 1.61 bits per heavy atom. The second-order valence-electron chi connectivity index (χ2n) is 7.71. The number of piperidine rings is 1. The average Bonchev–Trinajstić information content (AvgIpc) is 2.72. The summed E-state index contributed by atoms with van der Waals surface area (Å²) in [5.74, 6) is -0.160. The van der Waals surface area contributed by atoms with Crippen LogP contribution in [0, 0.1) is 11.7 Å². The molecule has 1 unspecified atom stereocenters. The summed E-state index contributed by atoms with van der Waals surface area (Å²) in [6.07, 6.45) is 1.68. The van der Waals surface area contributed by atoms with Gasteiger partial charge in [-0.3, -0.25) is 9.59 Å². The number of hydrogen-bond donors (Lipinski definition) is 1. The van der Waals surface area contributed by atoms with Gasteiger partial charge in [-0.25, -0.2) is 4.39 Å². The van der Waals surface area contributed by atoms with E-state index >= 15 is 0 Å². The quantitative estimate of drug-likeness (QED) is 0.850. The van der Waals surface area contributed by atoms with E-state index in [0.29, 0.717) is 24.6 Å². The van der Waals surface area contributed by atoms with Gasteiger partial charge >= 0.3 is 0 Å². The number of nitrogens with one attached hydrogen (secondary N) is 1. The summed E-state index contributed by atoms with van der Waals surface area (Å²) < 4.78 is 13.1. The number of amides is 2. The van der Waals surface area contributed by atoms with Crippen LogP contribution in [0.1, 0.15) is 48.5 Å². The summed E-state index contributed by atoms with van der Waals surface area (Å²) in [5, 5.41) is 2.91. The Bertz CT molecular complexity index is 797. The first-order valence-electron chi connectivity index (χ1n) is 9.86. The lowest BCUT2D eigenvalue weighted by Crippen LogP contribution is -2.52. The van der Waals surface area contributed by atoms with Crippen LogP contribution in [0.15, 0.2) is 54.6 Å². The van der Waals surface area contributed by atoms with Crippen LogP contribution >= 0.6 is 0 Å². The molecular formula is C23H27FN2O2. The highest BCUT2D eigenvalue weighted by atomic mass is 19.1. The zero-order valence-electron chi connectivity index (χ0n) is 16.4. The Labute approximate surface area is 165 Å². The maximum atomic E-state index is 13.1. The predicted octanol–water partition coefficient (Wildman–Crippen LogP) is 3.99. The third kappa shape index (κ3) is 4.77. The summed E-state index contributed by atoms with van der Waals surface area (Å²) in [6.45, 7) is 5.18. The number of hydrogen-bond acceptors (Lipinski definition) is 2. The SMILES string of the molecule is CC(C)C(NC(=O)c1ccccc1)C(=O)N1CCC(c2ccc(F)cc2)CC1. The second-order valence-corrected chi connectivity index (χ2v) is 7.71. The highest BCUT2D eigenvalue weighted by Gasteiger charge is 2.31. The van der Waals surface area contributed by atoms with E-state index in [1.807, 2.05) is 36.9 Å². The molecule has 1 atom stereocenters. The molecule has 2 amide bonds. The van der Waals surface area contributed by atoms with E-state index < -0.39 is 6.04 Å². The zero-order chi connectivity index (χ0) is 20.1. The lowest BCUT2D eigenvalue weighted by Gasteiger charge is -2.35. The van der Waals surface area contributed by atoms with Gasteiger partial charge in [0.15, 0.2) is 0 Å². The Balaban J connectivity index is 1.61. The van der Waals surface area contributed by atoms with Crippen LogP contribution < -0.4 is 5.32 Å². The second kappa shape index (κ2) is 9.00. The first-order valence-corrected chi connectivity index (χ1v) is 9.86. The fraction of sp³-hybridized carbons (Fsp3) is 0.391. The van der Waals surface area contributed by atoms with Gasteiger partial charge in [-0.15, -0.1) is 0 Å². The van der Waals surface area contributed by atoms with Gasteiger partial charge in [-0.1, -0.05) is 44.2 Å². The smallest absolute Gasteiger partial charge is 0.251 e.